The summed E-state index contributed by atoms with van der Waals surface area (Å²) in [5.74, 6) is 0.721. The van der Waals surface area contributed by atoms with Crippen LogP contribution in [0, 0.1) is 0 Å². The van der Waals surface area contributed by atoms with Gasteiger partial charge in [0.25, 0.3) is 17.8 Å². The highest BCUT2D eigenvalue weighted by Gasteiger charge is 2.22. The molecule has 0 unspecified atom stereocenters. The normalized spacial score (nSPS) is 11.1. The highest BCUT2D eigenvalue weighted by Crippen LogP contribution is 2.26. The van der Waals surface area contributed by atoms with Crippen LogP contribution in [0.4, 0.5) is 5.82 Å². The summed E-state index contributed by atoms with van der Waals surface area (Å²) < 4.78 is 7.01. The summed E-state index contributed by atoms with van der Waals surface area (Å²) in [6.45, 7) is 6.00. The van der Waals surface area contributed by atoms with Crippen LogP contribution < -0.4 is 10.1 Å². The number of hydrogen-bond acceptors (Lipinski definition) is 6. The molecule has 2 aromatic heterocycles. The summed E-state index contributed by atoms with van der Waals surface area (Å²) >= 11 is 0. The van der Waals surface area contributed by atoms with Crippen molar-refractivity contribution in [2.75, 3.05) is 26.0 Å². The number of benzene rings is 1. The van der Waals surface area contributed by atoms with Gasteiger partial charge < -0.3 is 15.0 Å². The lowest BCUT2D eigenvalue weighted by atomic mass is 9.92. The molecule has 3 aromatic rings. The Bertz CT molecular complexity index is 1070. The van der Waals surface area contributed by atoms with E-state index in [2.05, 4.69) is 20.4 Å². The molecule has 0 saturated carbocycles. The number of rotatable bonds is 6. The molecule has 9 heteroatoms. The first kappa shape index (κ1) is 21.9. The van der Waals surface area contributed by atoms with Crippen LogP contribution in [0.3, 0.4) is 0 Å². The SMILES string of the molecule is CN(C)C(=O)COc1cccc(C(=O)Nc2cc(C(C)(C)C)nn2-c2ncccn2)c1. The molecular formula is C22H26N6O3. The minimum Gasteiger partial charge on any atom is -0.484 e. The molecule has 0 aliphatic heterocycles. The van der Waals surface area contributed by atoms with Gasteiger partial charge in [-0.25, -0.2) is 9.97 Å². The van der Waals surface area contributed by atoms with Crippen LogP contribution in [0.2, 0.25) is 0 Å². The number of anilines is 1. The monoisotopic (exact) mass is 422 g/mol. The van der Waals surface area contributed by atoms with Crippen molar-refractivity contribution in [1.82, 2.24) is 24.6 Å². The van der Waals surface area contributed by atoms with Gasteiger partial charge in [-0.05, 0) is 24.3 Å². The van der Waals surface area contributed by atoms with Crippen LogP contribution in [-0.2, 0) is 10.2 Å². The maximum atomic E-state index is 12.9. The van der Waals surface area contributed by atoms with Crippen LogP contribution in [0.5, 0.6) is 5.75 Å². The Hall–Kier alpha value is -3.75. The Morgan fingerprint density at radius 3 is 2.45 bits per heavy atom. The zero-order chi connectivity index (χ0) is 22.6. The Morgan fingerprint density at radius 2 is 1.81 bits per heavy atom. The minimum absolute atomic E-state index is 0.106. The largest absolute Gasteiger partial charge is 0.484 e. The van der Waals surface area contributed by atoms with E-state index >= 15 is 0 Å². The third-order valence-electron chi connectivity index (χ3n) is 4.42. The van der Waals surface area contributed by atoms with Crippen molar-refractivity contribution in [3.8, 4) is 11.7 Å². The second-order valence-corrected chi connectivity index (χ2v) is 8.18. The van der Waals surface area contributed by atoms with Crippen molar-refractivity contribution in [2.45, 2.75) is 26.2 Å². The molecule has 162 valence electrons. The van der Waals surface area contributed by atoms with Gasteiger partial charge in [0.1, 0.15) is 11.6 Å². The van der Waals surface area contributed by atoms with Crippen LogP contribution >= 0.6 is 0 Å². The van der Waals surface area contributed by atoms with Crippen LogP contribution in [0.25, 0.3) is 5.95 Å². The fraction of sp³-hybridized carbons (Fsp3) is 0.318. The molecule has 0 saturated heterocycles. The number of likely N-dealkylation sites (N-methyl/N-ethyl adjacent to an activating group) is 1. The highest BCUT2D eigenvalue weighted by molar-refractivity contribution is 6.04. The van der Waals surface area contributed by atoms with Gasteiger partial charge in [-0.3, -0.25) is 9.59 Å². The van der Waals surface area contributed by atoms with E-state index in [1.807, 2.05) is 26.8 Å². The number of nitrogens with zero attached hydrogens (tertiary/aromatic N) is 5. The lowest BCUT2D eigenvalue weighted by Gasteiger charge is -2.13. The molecule has 0 aliphatic carbocycles. The van der Waals surface area contributed by atoms with E-state index < -0.39 is 0 Å². The molecule has 1 N–H and O–H groups in total. The van der Waals surface area contributed by atoms with Crippen molar-refractivity contribution in [3.05, 3.63) is 60.0 Å². The molecular weight excluding hydrogens is 396 g/mol. The first-order chi connectivity index (χ1) is 14.6. The van der Waals surface area contributed by atoms with E-state index in [1.54, 1.807) is 56.8 Å². The smallest absolute Gasteiger partial charge is 0.259 e. The zero-order valence-electron chi connectivity index (χ0n) is 18.3. The average Bonchev–Trinajstić information content (AvgIpc) is 3.17. The zero-order valence-corrected chi connectivity index (χ0v) is 18.3. The summed E-state index contributed by atoms with van der Waals surface area (Å²) in [4.78, 5) is 34.6. The molecule has 0 atom stereocenters. The average molecular weight is 422 g/mol. The topological polar surface area (TPSA) is 102 Å². The molecule has 31 heavy (non-hydrogen) atoms. The molecule has 0 radical (unpaired) electrons. The summed E-state index contributed by atoms with van der Waals surface area (Å²) in [5.41, 5.74) is 0.940. The van der Waals surface area contributed by atoms with Crippen molar-refractivity contribution in [1.29, 1.82) is 0 Å². The Kier molecular flexibility index (Phi) is 6.33. The first-order valence-corrected chi connectivity index (χ1v) is 9.77. The van der Waals surface area contributed by atoms with Gasteiger partial charge in [0, 0.05) is 43.5 Å². The maximum Gasteiger partial charge on any atom is 0.259 e. The molecule has 9 nitrogen and oxygen atoms in total. The summed E-state index contributed by atoms with van der Waals surface area (Å²) in [5, 5.41) is 7.47. The van der Waals surface area contributed by atoms with E-state index in [4.69, 9.17) is 4.74 Å². The number of carbonyl (C=O) groups excluding carboxylic acids is 2. The number of nitrogens with one attached hydrogen (secondary N) is 1. The van der Waals surface area contributed by atoms with Crippen molar-refractivity contribution in [3.63, 3.8) is 0 Å². The third-order valence-corrected chi connectivity index (χ3v) is 4.42. The van der Waals surface area contributed by atoms with Crippen molar-refractivity contribution < 1.29 is 14.3 Å². The maximum absolute atomic E-state index is 12.9. The van der Waals surface area contributed by atoms with E-state index in [1.165, 1.54) is 9.58 Å². The molecule has 0 aliphatic rings. The van der Waals surface area contributed by atoms with Gasteiger partial charge in [-0.2, -0.15) is 9.78 Å². The fourth-order valence-electron chi connectivity index (χ4n) is 2.58. The number of carbonyl (C=O) groups is 2. The van der Waals surface area contributed by atoms with Gasteiger partial charge >= 0.3 is 0 Å². The van der Waals surface area contributed by atoms with Crippen LogP contribution in [0.1, 0.15) is 36.8 Å². The van der Waals surface area contributed by atoms with Crippen molar-refractivity contribution >= 4 is 17.6 Å². The van der Waals surface area contributed by atoms with Gasteiger partial charge in [0.05, 0.1) is 5.69 Å². The molecule has 0 bridgehead atoms. The molecule has 3 rings (SSSR count). The van der Waals surface area contributed by atoms with Crippen molar-refractivity contribution in [2.24, 2.45) is 0 Å². The lowest BCUT2D eigenvalue weighted by molar-refractivity contribution is -0.130. The quantitative estimate of drug-likeness (QED) is 0.655. The van der Waals surface area contributed by atoms with E-state index in [0.29, 0.717) is 23.1 Å². The Labute approximate surface area is 181 Å². The second-order valence-electron chi connectivity index (χ2n) is 8.18. The van der Waals surface area contributed by atoms with E-state index in [9.17, 15) is 9.59 Å². The predicted molar refractivity (Wildman–Crippen MR) is 116 cm³/mol. The molecule has 0 spiro atoms. The third kappa shape index (κ3) is 5.44. The summed E-state index contributed by atoms with van der Waals surface area (Å²) in [6, 6.07) is 10.2. The Morgan fingerprint density at radius 1 is 1.10 bits per heavy atom. The van der Waals surface area contributed by atoms with E-state index in [0.717, 1.165) is 5.69 Å². The summed E-state index contributed by atoms with van der Waals surface area (Å²) in [7, 11) is 3.31. The first-order valence-electron chi connectivity index (χ1n) is 9.77. The predicted octanol–water partition coefficient (Wildman–Crippen LogP) is 2.68. The van der Waals surface area contributed by atoms with E-state index in [-0.39, 0.29) is 23.8 Å². The highest BCUT2D eigenvalue weighted by atomic mass is 16.5. The van der Waals surface area contributed by atoms with Crippen LogP contribution in [-0.4, -0.2) is 57.2 Å². The second kappa shape index (κ2) is 8.95. The minimum atomic E-state index is -0.345. The van der Waals surface area contributed by atoms with Gasteiger partial charge in [0.15, 0.2) is 6.61 Å². The summed E-state index contributed by atoms with van der Waals surface area (Å²) in [6.07, 6.45) is 3.23. The standard InChI is InChI=1S/C22H26N6O3/c1-22(2,3)17-13-18(28(26-17)21-23-10-7-11-24-21)25-20(30)15-8-6-9-16(12-15)31-14-19(29)27(4)5/h6-13H,14H2,1-5H3,(H,25,30). The molecule has 2 heterocycles. The number of aromatic nitrogens is 4. The molecule has 2 amide bonds. The number of hydrogen-bond donors (Lipinski definition) is 1. The van der Waals surface area contributed by atoms with Gasteiger partial charge in [-0.1, -0.05) is 26.8 Å². The Balaban J connectivity index is 1.84. The lowest BCUT2D eigenvalue weighted by Crippen LogP contribution is -2.27. The van der Waals surface area contributed by atoms with Gasteiger partial charge in [0.2, 0.25) is 0 Å². The fourth-order valence-corrected chi connectivity index (χ4v) is 2.58. The number of ether oxygens (including phenoxy) is 1. The van der Waals surface area contributed by atoms with Crippen LogP contribution in [0.15, 0.2) is 48.8 Å². The molecule has 1 aromatic carbocycles. The van der Waals surface area contributed by atoms with Gasteiger partial charge in [-0.15, -0.1) is 0 Å². The number of amides is 2. The molecule has 0 fully saturated rings.